The van der Waals surface area contributed by atoms with Crippen molar-refractivity contribution in [3.05, 3.63) is 34.9 Å². The topological polar surface area (TPSA) is 20.2 Å². The molecule has 0 heterocycles. The molecule has 1 unspecified atom stereocenters. The van der Waals surface area contributed by atoms with Crippen molar-refractivity contribution in [2.24, 2.45) is 5.41 Å². The second kappa shape index (κ2) is 5.01. The molecule has 1 nitrogen and oxygen atoms in total. The molecular formula is C15H24O. The van der Waals surface area contributed by atoms with E-state index in [2.05, 4.69) is 45.9 Å². The van der Waals surface area contributed by atoms with Gasteiger partial charge >= 0.3 is 0 Å². The molecule has 16 heavy (non-hydrogen) atoms. The van der Waals surface area contributed by atoms with Crippen LogP contribution in [0.2, 0.25) is 0 Å². The van der Waals surface area contributed by atoms with Gasteiger partial charge in [0.1, 0.15) is 0 Å². The van der Waals surface area contributed by atoms with Crippen LogP contribution in [0, 0.1) is 12.3 Å². The molecule has 1 rings (SSSR count). The molecule has 0 aliphatic carbocycles. The van der Waals surface area contributed by atoms with Crippen LogP contribution in [0.1, 0.15) is 56.9 Å². The fourth-order valence-corrected chi connectivity index (χ4v) is 1.84. The lowest BCUT2D eigenvalue weighted by molar-refractivity contribution is 0.197. The molecule has 0 spiro atoms. The summed E-state index contributed by atoms with van der Waals surface area (Å²) in [5, 5.41) is 9.76. The molecule has 0 saturated heterocycles. The third kappa shape index (κ3) is 3.97. The van der Waals surface area contributed by atoms with Crippen molar-refractivity contribution in [2.45, 2.75) is 53.6 Å². The fraction of sp³-hybridized carbons (Fsp3) is 0.600. The van der Waals surface area contributed by atoms with Crippen LogP contribution in [0.5, 0.6) is 0 Å². The van der Waals surface area contributed by atoms with E-state index in [1.165, 1.54) is 11.1 Å². The number of benzene rings is 1. The van der Waals surface area contributed by atoms with E-state index in [4.69, 9.17) is 0 Å². The van der Waals surface area contributed by atoms with Crippen LogP contribution < -0.4 is 0 Å². The Balaban J connectivity index is 2.87. The van der Waals surface area contributed by atoms with Gasteiger partial charge < -0.3 is 5.11 Å². The van der Waals surface area contributed by atoms with E-state index < -0.39 is 0 Å². The summed E-state index contributed by atoms with van der Waals surface area (Å²) in [7, 11) is 0. The van der Waals surface area contributed by atoms with Crippen molar-refractivity contribution in [2.75, 3.05) is 0 Å². The summed E-state index contributed by atoms with van der Waals surface area (Å²) in [4.78, 5) is 0. The summed E-state index contributed by atoms with van der Waals surface area (Å²) < 4.78 is 0. The number of hydrogen-bond acceptors (Lipinski definition) is 1. The van der Waals surface area contributed by atoms with Crippen molar-refractivity contribution < 1.29 is 5.11 Å². The Labute approximate surface area is 99.5 Å². The fourth-order valence-electron chi connectivity index (χ4n) is 1.84. The minimum Gasteiger partial charge on any atom is -0.389 e. The van der Waals surface area contributed by atoms with Crippen LogP contribution in [0.3, 0.4) is 0 Å². The van der Waals surface area contributed by atoms with Crippen molar-refractivity contribution in [1.82, 2.24) is 0 Å². The molecule has 0 fully saturated rings. The molecule has 0 aliphatic rings. The maximum Gasteiger partial charge on any atom is 0.0764 e. The Morgan fingerprint density at radius 2 is 1.88 bits per heavy atom. The smallest absolute Gasteiger partial charge is 0.0764 e. The van der Waals surface area contributed by atoms with Gasteiger partial charge in [-0.05, 0) is 43.2 Å². The van der Waals surface area contributed by atoms with Gasteiger partial charge in [-0.25, -0.2) is 0 Å². The normalized spacial score (nSPS) is 13.9. The minimum absolute atomic E-state index is 0.348. The summed E-state index contributed by atoms with van der Waals surface area (Å²) in [6, 6.07) is 6.38. The molecule has 1 aromatic carbocycles. The van der Waals surface area contributed by atoms with E-state index in [1.807, 2.05) is 6.92 Å². The van der Waals surface area contributed by atoms with Crippen LogP contribution in [-0.4, -0.2) is 5.11 Å². The number of rotatable bonds is 3. The van der Waals surface area contributed by atoms with E-state index in [0.717, 1.165) is 18.4 Å². The zero-order valence-electron chi connectivity index (χ0n) is 11.2. The average Bonchev–Trinajstić information content (AvgIpc) is 2.14. The number of aliphatic hydroxyl groups is 1. The lowest BCUT2D eigenvalue weighted by atomic mass is 9.86. The number of aliphatic hydroxyl groups excluding tert-OH is 1. The van der Waals surface area contributed by atoms with E-state index in [9.17, 15) is 5.11 Å². The van der Waals surface area contributed by atoms with Gasteiger partial charge in [0, 0.05) is 0 Å². The molecule has 0 amide bonds. The largest absolute Gasteiger partial charge is 0.389 e. The molecule has 0 radical (unpaired) electrons. The standard InChI is InChI=1S/C15H24O/c1-11-6-7-13(8-9-15(3,4)5)14(10-11)12(2)16/h6-7,10,12,16H,8-9H2,1-5H3. The average molecular weight is 220 g/mol. The van der Waals surface area contributed by atoms with E-state index in [-0.39, 0.29) is 6.10 Å². The Kier molecular flexibility index (Phi) is 4.15. The molecule has 1 atom stereocenters. The van der Waals surface area contributed by atoms with Gasteiger partial charge in [-0.15, -0.1) is 0 Å². The van der Waals surface area contributed by atoms with Crippen molar-refractivity contribution >= 4 is 0 Å². The molecule has 1 N–H and O–H groups in total. The number of aryl methyl sites for hydroxylation is 2. The van der Waals surface area contributed by atoms with Crippen LogP contribution in [0.4, 0.5) is 0 Å². The first-order valence-electron chi connectivity index (χ1n) is 6.07. The second-order valence-electron chi connectivity index (χ2n) is 5.94. The Bertz CT molecular complexity index is 345. The zero-order chi connectivity index (χ0) is 12.3. The first kappa shape index (κ1) is 13.2. The van der Waals surface area contributed by atoms with E-state index in [0.29, 0.717) is 5.41 Å². The summed E-state index contributed by atoms with van der Waals surface area (Å²) >= 11 is 0. The summed E-state index contributed by atoms with van der Waals surface area (Å²) in [5.41, 5.74) is 3.94. The Hall–Kier alpha value is -0.820. The maximum atomic E-state index is 9.76. The SMILES string of the molecule is Cc1ccc(CCC(C)(C)C)c(C(C)O)c1. The van der Waals surface area contributed by atoms with Crippen molar-refractivity contribution in [3.8, 4) is 0 Å². The van der Waals surface area contributed by atoms with Crippen LogP contribution >= 0.6 is 0 Å². The Morgan fingerprint density at radius 3 is 2.38 bits per heavy atom. The molecule has 1 heteroatoms. The van der Waals surface area contributed by atoms with Gasteiger partial charge in [0.15, 0.2) is 0 Å². The lowest BCUT2D eigenvalue weighted by Gasteiger charge is -2.20. The highest BCUT2D eigenvalue weighted by Crippen LogP contribution is 2.26. The summed E-state index contributed by atoms with van der Waals surface area (Å²) in [5.74, 6) is 0. The summed E-state index contributed by atoms with van der Waals surface area (Å²) in [6.45, 7) is 10.7. The van der Waals surface area contributed by atoms with Crippen molar-refractivity contribution in [3.63, 3.8) is 0 Å². The quantitative estimate of drug-likeness (QED) is 0.815. The highest BCUT2D eigenvalue weighted by Gasteiger charge is 2.13. The third-order valence-electron chi connectivity index (χ3n) is 2.90. The second-order valence-corrected chi connectivity index (χ2v) is 5.94. The molecule has 0 aromatic heterocycles. The molecule has 1 aromatic rings. The van der Waals surface area contributed by atoms with Crippen LogP contribution in [0.15, 0.2) is 18.2 Å². The molecular weight excluding hydrogens is 196 g/mol. The van der Waals surface area contributed by atoms with Gasteiger partial charge in [-0.2, -0.15) is 0 Å². The van der Waals surface area contributed by atoms with Gasteiger partial charge in [0.05, 0.1) is 6.10 Å². The lowest BCUT2D eigenvalue weighted by Crippen LogP contribution is -2.08. The minimum atomic E-state index is -0.366. The highest BCUT2D eigenvalue weighted by molar-refractivity contribution is 5.33. The van der Waals surface area contributed by atoms with Gasteiger partial charge in [-0.1, -0.05) is 44.5 Å². The number of hydrogen-bond donors (Lipinski definition) is 1. The molecule has 0 saturated carbocycles. The first-order valence-corrected chi connectivity index (χ1v) is 6.07. The zero-order valence-corrected chi connectivity index (χ0v) is 11.2. The van der Waals surface area contributed by atoms with Gasteiger partial charge in [0.25, 0.3) is 0 Å². The molecule has 0 aliphatic heterocycles. The predicted molar refractivity (Wildman–Crippen MR) is 69.6 cm³/mol. The third-order valence-corrected chi connectivity index (χ3v) is 2.90. The van der Waals surface area contributed by atoms with Gasteiger partial charge in [0.2, 0.25) is 0 Å². The van der Waals surface area contributed by atoms with Gasteiger partial charge in [-0.3, -0.25) is 0 Å². The first-order chi connectivity index (χ1) is 7.29. The predicted octanol–water partition coefficient (Wildman–Crippen LogP) is 4.03. The van der Waals surface area contributed by atoms with Crippen molar-refractivity contribution in [1.29, 1.82) is 0 Å². The highest BCUT2D eigenvalue weighted by atomic mass is 16.3. The van der Waals surface area contributed by atoms with E-state index in [1.54, 1.807) is 0 Å². The summed E-state index contributed by atoms with van der Waals surface area (Å²) in [6.07, 6.45) is 1.83. The molecule has 90 valence electrons. The van der Waals surface area contributed by atoms with Crippen LogP contribution in [0.25, 0.3) is 0 Å². The van der Waals surface area contributed by atoms with Crippen LogP contribution in [-0.2, 0) is 6.42 Å². The molecule has 0 bridgehead atoms. The maximum absolute atomic E-state index is 9.76. The van der Waals surface area contributed by atoms with E-state index >= 15 is 0 Å². The monoisotopic (exact) mass is 220 g/mol. The Morgan fingerprint density at radius 1 is 1.25 bits per heavy atom.